The Morgan fingerprint density at radius 3 is 2.62 bits per heavy atom. The monoisotopic (exact) mass is 286 g/mol. The Kier molecular flexibility index (Phi) is 4.58. The van der Waals surface area contributed by atoms with Gasteiger partial charge in [-0.3, -0.25) is 14.7 Å². The van der Waals surface area contributed by atoms with Gasteiger partial charge in [0.15, 0.2) is 0 Å². The van der Waals surface area contributed by atoms with Gasteiger partial charge in [-0.2, -0.15) is 0 Å². The summed E-state index contributed by atoms with van der Waals surface area (Å²) in [5.74, 6) is -0.764. The summed E-state index contributed by atoms with van der Waals surface area (Å²) in [5.41, 5.74) is 1.04. The van der Waals surface area contributed by atoms with Gasteiger partial charge in [0.1, 0.15) is 0 Å². The third-order valence-electron chi connectivity index (χ3n) is 3.66. The molecule has 0 aliphatic heterocycles. The maximum absolute atomic E-state index is 10.9. The van der Waals surface area contributed by atoms with Crippen LogP contribution in [0.15, 0.2) is 36.7 Å². The standard InChI is InChI=1S/C17H22N2O2/c1-17(2,3)19(9-8-16(20)21)12-14-11-18-10-13-6-4-5-7-15(13)14/h4-7,10-11H,8-9,12H2,1-3H3,(H,20,21). The second kappa shape index (κ2) is 6.22. The molecule has 2 rings (SSSR count). The molecule has 0 saturated heterocycles. The number of fused-ring (bicyclic) bond motifs is 1. The number of aromatic nitrogens is 1. The minimum atomic E-state index is -0.764. The molecule has 0 aliphatic rings. The number of aliphatic carboxylic acids is 1. The average Bonchev–Trinajstić information content (AvgIpc) is 2.42. The van der Waals surface area contributed by atoms with Crippen LogP contribution in [0.4, 0.5) is 0 Å². The third kappa shape index (κ3) is 4.02. The van der Waals surface area contributed by atoms with Crippen LogP contribution in [0, 0.1) is 0 Å². The van der Waals surface area contributed by atoms with E-state index in [0.29, 0.717) is 13.1 Å². The average molecular weight is 286 g/mol. The quantitative estimate of drug-likeness (QED) is 0.916. The molecule has 0 saturated carbocycles. The Bertz CT molecular complexity index is 627. The van der Waals surface area contributed by atoms with E-state index in [9.17, 15) is 4.79 Å². The van der Waals surface area contributed by atoms with Gasteiger partial charge in [0, 0.05) is 36.4 Å². The molecule has 1 heterocycles. The molecule has 1 aromatic heterocycles. The largest absolute Gasteiger partial charge is 0.481 e. The zero-order valence-corrected chi connectivity index (χ0v) is 12.8. The van der Waals surface area contributed by atoms with Crippen LogP contribution in [0.2, 0.25) is 0 Å². The number of rotatable bonds is 5. The SMILES string of the molecule is CC(C)(C)N(CCC(=O)O)Cc1cncc2ccccc12. The van der Waals surface area contributed by atoms with Crippen molar-refractivity contribution < 1.29 is 9.90 Å². The van der Waals surface area contributed by atoms with E-state index in [-0.39, 0.29) is 12.0 Å². The van der Waals surface area contributed by atoms with E-state index < -0.39 is 5.97 Å². The number of carboxylic acid groups (broad SMARTS) is 1. The number of carbonyl (C=O) groups is 1. The van der Waals surface area contributed by atoms with Crippen molar-refractivity contribution in [2.75, 3.05) is 6.54 Å². The van der Waals surface area contributed by atoms with Gasteiger partial charge in [-0.05, 0) is 31.7 Å². The highest BCUT2D eigenvalue weighted by atomic mass is 16.4. The van der Waals surface area contributed by atoms with E-state index in [4.69, 9.17) is 5.11 Å². The van der Waals surface area contributed by atoms with Crippen LogP contribution in [-0.4, -0.2) is 33.0 Å². The smallest absolute Gasteiger partial charge is 0.304 e. The molecule has 0 atom stereocenters. The lowest BCUT2D eigenvalue weighted by molar-refractivity contribution is -0.137. The van der Waals surface area contributed by atoms with Crippen LogP contribution in [0.25, 0.3) is 10.8 Å². The van der Waals surface area contributed by atoms with Crippen molar-refractivity contribution in [3.05, 3.63) is 42.2 Å². The fourth-order valence-electron chi connectivity index (χ4n) is 2.39. The first-order valence-electron chi connectivity index (χ1n) is 7.16. The van der Waals surface area contributed by atoms with Crippen molar-refractivity contribution in [2.45, 2.75) is 39.3 Å². The lowest BCUT2D eigenvalue weighted by Crippen LogP contribution is -2.42. The first-order chi connectivity index (χ1) is 9.88. The van der Waals surface area contributed by atoms with Crippen LogP contribution in [0.3, 0.4) is 0 Å². The molecule has 0 aliphatic carbocycles. The predicted octanol–water partition coefficient (Wildman–Crippen LogP) is 3.31. The highest BCUT2D eigenvalue weighted by Crippen LogP contribution is 2.22. The lowest BCUT2D eigenvalue weighted by atomic mass is 10.0. The summed E-state index contributed by atoms with van der Waals surface area (Å²) < 4.78 is 0. The zero-order valence-electron chi connectivity index (χ0n) is 12.8. The van der Waals surface area contributed by atoms with Gasteiger partial charge in [-0.25, -0.2) is 0 Å². The molecule has 0 unspecified atom stereocenters. The van der Waals surface area contributed by atoms with Gasteiger partial charge in [0.2, 0.25) is 0 Å². The Hall–Kier alpha value is -1.94. The van der Waals surface area contributed by atoms with Gasteiger partial charge in [-0.1, -0.05) is 24.3 Å². The highest BCUT2D eigenvalue weighted by Gasteiger charge is 2.22. The zero-order chi connectivity index (χ0) is 15.5. The van der Waals surface area contributed by atoms with Gasteiger partial charge >= 0.3 is 5.97 Å². The Morgan fingerprint density at radius 1 is 1.24 bits per heavy atom. The molecular formula is C17H22N2O2. The lowest BCUT2D eigenvalue weighted by Gasteiger charge is -2.35. The maximum Gasteiger partial charge on any atom is 0.304 e. The van der Waals surface area contributed by atoms with E-state index in [1.165, 1.54) is 5.39 Å². The van der Waals surface area contributed by atoms with E-state index in [2.05, 4.69) is 36.7 Å². The van der Waals surface area contributed by atoms with E-state index in [1.54, 1.807) is 0 Å². The summed E-state index contributed by atoms with van der Waals surface area (Å²) in [7, 11) is 0. The molecule has 1 aromatic carbocycles. The number of hydrogen-bond donors (Lipinski definition) is 1. The summed E-state index contributed by atoms with van der Waals surface area (Å²) in [6.07, 6.45) is 3.88. The Balaban J connectivity index is 2.28. The van der Waals surface area contributed by atoms with Crippen LogP contribution in [0.1, 0.15) is 32.8 Å². The molecule has 1 N–H and O–H groups in total. The minimum absolute atomic E-state index is 0.0909. The van der Waals surface area contributed by atoms with Gasteiger partial charge in [-0.15, -0.1) is 0 Å². The summed E-state index contributed by atoms with van der Waals surface area (Å²) in [6, 6.07) is 8.15. The molecule has 0 amide bonds. The fraction of sp³-hybridized carbons (Fsp3) is 0.412. The highest BCUT2D eigenvalue weighted by molar-refractivity contribution is 5.84. The minimum Gasteiger partial charge on any atom is -0.481 e. The van der Waals surface area contributed by atoms with E-state index in [0.717, 1.165) is 10.9 Å². The summed E-state index contributed by atoms with van der Waals surface area (Å²) >= 11 is 0. The van der Waals surface area contributed by atoms with Gasteiger partial charge in [0.05, 0.1) is 6.42 Å². The molecule has 4 heteroatoms. The molecule has 0 fully saturated rings. The normalized spacial score (nSPS) is 12.0. The topological polar surface area (TPSA) is 53.4 Å². The fourth-order valence-corrected chi connectivity index (χ4v) is 2.39. The van der Waals surface area contributed by atoms with Crippen molar-refractivity contribution in [2.24, 2.45) is 0 Å². The first-order valence-corrected chi connectivity index (χ1v) is 7.16. The molecular weight excluding hydrogens is 264 g/mol. The van der Waals surface area contributed by atoms with Crippen molar-refractivity contribution in [1.29, 1.82) is 0 Å². The third-order valence-corrected chi connectivity index (χ3v) is 3.66. The van der Waals surface area contributed by atoms with Gasteiger partial charge in [0.25, 0.3) is 0 Å². The second-order valence-electron chi connectivity index (χ2n) is 6.26. The first kappa shape index (κ1) is 15.4. The molecule has 21 heavy (non-hydrogen) atoms. The number of benzene rings is 1. The summed E-state index contributed by atoms with van der Waals surface area (Å²) in [6.45, 7) is 7.54. The number of carboxylic acids is 1. The number of nitrogens with zero attached hydrogens (tertiary/aromatic N) is 2. The molecule has 4 nitrogen and oxygen atoms in total. The maximum atomic E-state index is 10.9. The molecule has 0 spiro atoms. The van der Waals surface area contributed by atoms with Crippen molar-refractivity contribution in [3.8, 4) is 0 Å². The molecule has 0 radical (unpaired) electrons. The van der Waals surface area contributed by atoms with Crippen molar-refractivity contribution in [1.82, 2.24) is 9.88 Å². The molecule has 2 aromatic rings. The summed E-state index contributed by atoms with van der Waals surface area (Å²) in [5, 5.41) is 11.2. The van der Waals surface area contributed by atoms with Crippen molar-refractivity contribution in [3.63, 3.8) is 0 Å². The van der Waals surface area contributed by atoms with Crippen LogP contribution < -0.4 is 0 Å². The molecule has 0 bridgehead atoms. The van der Waals surface area contributed by atoms with Crippen LogP contribution in [-0.2, 0) is 11.3 Å². The van der Waals surface area contributed by atoms with Crippen LogP contribution in [0.5, 0.6) is 0 Å². The van der Waals surface area contributed by atoms with E-state index in [1.807, 2.05) is 30.6 Å². The van der Waals surface area contributed by atoms with Gasteiger partial charge < -0.3 is 5.11 Å². The molecule has 112 valence electrons. The van der Waals surface area contributed by atoms with Crippen molar-refractivity contribution >= 4 is 16.7 Å². The number of hydrogen-bond acceptors (Lipinski definition) is 3. The second-order valence-corrected chi connectivity index (χ2v) is 6.26. The predicted molar refractivity (Wildman–Crippen MR) is 84.2 cm³/mol. The Morgan fingerprint density at radius 2 is 1.95 bits per heavy atom. The Labute approximate surface area is 125 Å². The summed E-state index contributed by atoms with van der Waals surface area (Å²) in [4.78, 5) is 17.3. The number of pyridine rings is 1. The van der Waals surface area contributed by atoms with Crippen LogP contribution >= 0.6 is 0 Å². The van der Waals surface area contributed by atoms with E-state index >= 15 is 0 Å².